The zero-order valence-corrected chi connectivity index (χ0v) is 19.9. The molecule has 0 aliphatic heterocycles. The van der Waals surface area contributed by atoms with E-state index in [1.165, 1.54) is 12.1 Å². The van der Waals surface area contributed by atoms with Gasteiger partial charge in [0.2, 0.25) is 20.6 Å². The number of hydrogen-bond donors (Lipinski definition) is 2. The third kappa shape index (κ3) is 3.69. The molecule has 5 rings (SSSR count). The van der Waals surface area contributed by atoms with E-state index in [2.05, 4.69) is 4.98 Å². The van der Waals surface area contributed by atoms with Gasteiger partial charge in [-0.3, -0.25) is 0 Å². The van der Waals surface area contributed by atoms with Crippen LogP contribution < -0.4 is 0 Å². The van der Waals surface area contributed by atoms with Gasteiger partial charge in [0.25, 0.3) is 0 Å². The van der Waals surface area contributed by atoms with Gasteiger partial charge in [-0.05, 0) is 29.8 Å². The summed E-state index contributed by atoms with van der Waals surface area (Å²) < 4.78 is 31.9. The first-order valence-electron chi connectivity index (χ1n) is 9.93. The minimum Gasteiger partial charge on any atom is -0.494 e. The maximum atomic E-state index is 12.6. The summed E-state index contributed by atoms with van der Waals surface area (Å²) >= 11 is 12.5. The SMILES string of the molecule is CS(=O)(=O)c1oc2nc(-c3ccccc3Cl)c(-c3ccc(Cl)cc3)cc2c1-n1c(O)ccc1O. The molecular formula is C24H16Cl2N2O5S. The lowest BCUT2D eigenvalue weighted by Crippen LogP contribution is -2.02. The van der Waals surface area contributed by atoms with E-state index >= 15 is 0 Å². The fourth-order valence-corrected chi connectivity index (χ4v) is 4.94. The van der Waals surface area contributed by atoms with Gasteiger partial charge < -0.3 is 14.6 Å². The molecule has 0 fully saturated rings. The summed E-state index contributed by atoms with van der Waals surface area (Å²) in [6, 6.07) is 18.3. The largest absolute Gasteiger partial charge is 0.494 e. The molecule has 0 saturated carbocycles. The van der Waals surface area contributed by atoms with Gasteiger partial charge >= 0.3 is 0 Å². The molecule has 0 bridgehead atoms. The fraction of sp³-hybridized carbons (Fsp3) is 0.0417. The minimum atomic E-state index is -3.92. The molecule has 2 aromatic carbocycles. The Hall–Kier alpha value is -3.46. The number of hydrogen-bond acceptors (Lipinski definition) is 6. The van der Waals surface area contributed by atoms with Crippen molar-refractivity contribution >= 4 is 44.1 Å². The summed E-state index contributed by atoms with van der Waals surface area (Å²) in [6.45, 7) is 0. The minimum absolute atomic E-state index is 0.00411. The second-order valence-corrected chi connectivity index (χ2v) is 10.4. The summed E-state index contributed by atoms with van der Waals surface area (Å²) in [5, 5.41) is 21.5. The van der Waals surface area contributed by atoms with Gasteiger partial charge in [-0.2, -0.15) is 0 Å². The van der Waals surface area contributed by atoms with E-state index in [1.807, 2.05) is 6.07 Å². The summed E-state index contributed by atoms with van der Waals surface area (Å²) in [7, 11) is -3.92. The molecule has 10 heteroatoms. The highest BCUT2D eigenvalue weighted by Gasteiger charge is 2.29. The normalized spacial score (nSPS) is 11.9. The molecule has 0 unspecified atom stereocenters. The Kier molecular flexibility index (Phi) is 5.31. The molecule has 34 heavy (non-hydrogen) atoms. The highest BCUT2D eigenvalue weighted by Crippen LogP contribution is 2.42. The number of aromatic hydroxyl groups is 2. The predicted molar refractivity (Wildman–Crippen MR) is 131 cm³/mol. The van der Waals surface area contributed by atoms with Crippen LogP contribution in [-0.4, -0.2) is 34.4 Å². The maximum absolute atomic E-state index is 12.6. The van der Waals surface area contributed by atoms with Crippen molar-refractivity contribution in [3.63, 3.8) is 0 Å². The van der Waals surface area contributed by atoms with Crippen molar-refractivity contribution in [3.8, 4) is 39.8 Å². The molecule has 172 valence electrons. The lowest BCUT2D eigenvalue weighted by atomic mass is 9.98. The Morgan fingerprint density at radius 1 is 0.912 bits per heavy atom. The Labute approximate surface area is 204 Å². The highest BCUT2D eigenvalue weighted by atomic mass is 35.5. The Bertz CT molecular complexity index is 1650. The molecule has 3 heterocycles. The highest BCUT2D eigenvalue weighted by molar-refractivity contribution is 7.90. The Balaban J connectivity index is 1.94. The number of aromatic nitrogens is 2. The number of sulfone groups is 1. The molecule has 5 aromatic rings. The Morgan fingerprint density at radius 2 is 1.56 bits per heavy atom. The standard InChI is InChI=1S/C24H16Cl2N2O5S/c1-34(31,32)24-22(28-19(29)10-11-20(28)30)17-12-16(13-6-8-14(25)9-7-13)21(27-23(17)33-24)15-4-2-3-5-18(15)26/h2-12,29-30H,1H3. The van der Waals surface area contributed by atoms with Gasteiger partial charge in [-0.15, -0.1) is 0 Å². The third-order valence-electron chi connectivity index (χ3n) is 5.31. The van der Waals surface area contributed by atoms with Gasteiger partial charge in [0.05, 0.1) is 11.1 Å². The van der Waals surface area contributed by atoms with E-state index in [1.54, 1.807) is 48.5 Å². The third-order valence-corrected chi connectivity index (χ3v) is 6.84. The topological polar surface area (TPSA) is 106 Å². The number of furan rings is 1. The number of rotatable bonds is 4. The number of fused-ring (bicyclic) bond motifs is 1. The number of benzene rings is 2. The van der Waals surface area contributed by atoms with Crippen LogP contribution in [-0.2, 0) is 9.84 Å². The van der Waals surface area contributed by atoms with Crippen molar-refractivity contribution in [1.29, 1.82) is 0 Å². The lowest BCUT2D eigenvalue weighted by molar-refractivity contribution is 0.396. The predicted octanol–water partition coefficient (Wildman–Crippen LogP) is 6.07. The van der Waals surface area contributed by atoms with E-state index in [-0.39, 0.29) is 28.5 Å². The van der Waals surface area contributed by atoms with Gasteiger partial charge in [0, 0.05) is 39.6 Å². The Morgan fingerprint density at radius 3 is 2.18 bits per heavy atom. The summed E-state index contributed by atoms with van der Waals surface area (Å²) in [5.74, 6) is -0.735. The van der Waals surface area contributed by atoms with Crippen molar-refractivity contribution in [2.24, 2.45) is 0 Å². The van der Waals surface area contributed by atoms with Crippen molar-refractivity contribution in [2.75, 3.05) is 6.26 Å². The molecule has 0 atom stereocenters. The molecule has 0 aliphatic rings. The zero-order chi connectivity index (χ0) is 24.2. The monoisotopic (exact) mass is 514 g/mol. The quantitative estimate of drug-likeness (QED) is 0.301. The van der Waals surface area contributed by atoms with E-state index in [0.717, 1.165) is 16.4 Å². The van der Waals surface area contributed by atoms with Crippen LogP contribution in [0.3, 0.4) is 0 Å². The number of nitrogens with zero attached hydrogens (tertiary/aromatic N) is 2. The van der Waals surface area contributed by atoms with Crippen molar-refractivity contribution in [1.82, 2.24) is 9.55 Å². The molecule has 2 N–H and O–H groups in total. The maximum Gasteiger partial charge on any atom is 0.245 e. The van der Waals surface area contributed by atoms with Crippen LogP contribution in [0.5, 0.6) is 11.8 Å². The van der Waals surface area contributed by atoms with Gasteiger partial charge in [0.15, 0.2) is 11.8 Å². The van der Waals surface area contributed by atoms with Crippen molar-refractivity contribution in [3.05, 3.63) is 76.8 Å². The van der Waals surface area contributed by atoms with Crippen LogP contribution in [0.4, 0.5) is 0 Å². The first-order valence-corrected chi connectivity index (χ1v) is 12.6. The summed E-state index contributed by atoms with van der Waals surface area (Å²) in [6.07, 6.45) is 0.973. The fourth-order valence-electron chi connectivity index (χ4n) is 3.81. The van der Waals surface area contributed by atoms with E-state index in [0.29, 0.717) is 26.9 Å². The molecular weight excluding hydrogens is 499 g/mol. The van der Waals surface area contributed by atoms with Crippen LogP contribution in [0.25, 0.3) is 39.2 Å². The lowest BCUT2D eigenvalue weighted by Gasteiger charge is -2.12. The second-order valence-electron chi connectivity index (χ2n) is 7.62. The molecule has 0 aliphatic carbocycles. The van der Waals surface area contributed by atoms with Crippen molar-refractivity contribution < 1.29 is 23.0 Å². The van der Waals surface area contributed by atoms with Gasteiger partial charge in [-0.25, -0.2) is 18.0 Å². The molecule has 0 radical (unpaired) electrons. The van der Waals surface area contributed by atoms with Crippen LogP contribution >= 0.6 is 23.2 Å². The van der Waals surface area contributed by atoms with E-state index in [9.17, 15) is 18.6 Å². The van der Waals surface area contributed by atoms with Crippen LogP contribution in [0.15, 0.2) is 76.2 Å². The smallest absolute Gasteiger partial charge is 0.245 e. The average Bonchev–Trinajstić information content (AvgIpc) is 3.32. The molecule has 3 aromatic heterocycles. The van der Waals surface area contributed by atoms with E-state index in [4.69, 9.17) is 27.6 Å². The summed E-state index contributed by atoms with van der Waals surface area (Å²) in [5.41, 5.74) is 2.37. The van der Waals surface area contributed by atoms with Crippen LogP contribution in [0, 0.1) is 0 Å². The first-order chi connectivity index (χ1) is 16.1. The van der Waals surface area contributed by atoms with Crippen molar-refractivity contribution in [2.45, 2.75) is 5.09 Å². The zero-order valence-electron chi connectivity index (χ0n) is 17.5. The molecule has 0 saturated heterocycles. The van der Waals surface area contributed by atoms with Gasteiger partial charge in [0.1, 0.15) is 5.69 Å². The van der Waals surface area contributed by atoms with Crippen LogP contribution in [0.2, 0.25) is 10.0 Å². The number of pyridine rings is 1. The summed E-state index contributed by atoms with van der Waals surface area (Å²) in [4.78, 5) is 4.64. The second kappa shape index (κ2) is 8.09. The first kappa shape index (κ1) is 22.3. The average molecular weight is 515 g/mol. The van der Waals surface area contributed by atoms with Gasteiger partial charge in [-0.1, -0.05) is 53.5 Å². The van der Waals surface area contributed by atoms with E-state index < -0.39 is 14.9 Å². The molecule has 7 nitrogen and oxygen atoms in total. The number of halogens is 2. The molecule has 0 amide bonds. The van der Waals surface area contributed by atoms with Crippen LogP contribution in [0.1, 0.15) is 0 Å². The molecule has 0 spiro atoms.